The fourth-order valence-electron chi connectivity index (χ4n) is 2.60. The van der Waals surface area contributed by atoms with Gasteiger partial charge in [-0.3, -0.25) is 9.48 Å². The Labute approximate surface area is 138 Å². The van der Waals surface area contributed by atoms with Gasteiger partial charge in [0.2, 0.25) is 0 Å². The molecule has 1 heterocycles. The summed E-state index contributed by atoms with van der Waals surface area (Å²) in [5.74, 6) is -1.48. The second-order valence-electron chi connectivity index (χ2n) is 5.39. The van der Waals surface area contributed by atoms with Crippen LogP contribution in [0.1, 0.15) is 27.1 Å². The summed E-state index contributed by atoms with van der Waals surface area (Å²) in [6, 6.07) is 14.1. The Morgan fingerprint density at radius 3 is 2.54 bits per heavy atom. The number of carbonyl (C=O) groups excluding carboxylic acids is 1. The Hall–Kier alpha value is -3.15. The van der Waals surface area contributed by atoms with E-state index in [1.54, 1.807) is 12.1 Å². The average molecular weight is 323 g/mol. The van der Waals surface area contributed by atoms with Gasteiger partial charge in [0, 0.05) is 18.5 Å². The molecule has 0 saturated heterocycles. The molecule has 0 radical (unpaired) electrons. The van der Waals surface area contributed by atoms with Gasteiger partial charge in [-0.1, -0.05) is 30.3 Å². The van der Waals surface area contributed by atoms with Crippen LogP contribution in [-0.2, 0) is 6.54 Å². The zero-order valence-corrected chi connectivity index (χ0v) is 13.0. The number of rotatable bonds is 6. The minimum absolute atomic E-state index is 0.00747. The molecule has 0 atom stereocenters. The van der Waals surface area contributed by atoms with Crippen molar-refractivity contribution in [3.8, 4) is 0 Å². The molecule has 122 valence electrons. The van der Waals surface area contributed by atoms with Crippen molar-refractivity contribution in [2.75, 3.05) is 6.54 Å². The van der Waals surface area contributed by atoms with Crippen LogP contribution in [0.25, 0.3) is 10.9 Å². The molecule has 0 saturated carbocycles. The maximum Gasteiger partial charge on any atom is 0.336 e. The van der Waals surface area contributed by atoms with Gasteiger partial charge in [-0.05, 0) is 24.6 Å². The third kappa shape index (κ3) is 3.27. The second-order valence-corrected chi connectivity index (χ2v) is 5.39. The highest BCUT2D eigenvalue weighted by Crippen LogP contribution is 2.13. The fraction of sp³-hybridized carbons (Fsp3) is 0.167. The number of aromatic carboxylic acids is 1. The van der Waals surface area contributed by atoms with E-state index >= 15 is 0 Å². The Kier molecular flexibility index (Phi) is 4.56. The molecule has 2 N–H and O–H groups in total. The summed E-state index contributed by atoms with van der Waals surface area (Å²) in [4.78, 5) is 23.3. The van der Waals surface area contributed by atoms with Crippen molar-refractivity contribution in [1.82, 2.24) is 15.1 Å². The minimum Gasteiger partial charge on any atom is -0.478 e. The quantitative estimate of drug-likeness (QED) is 0.683. The average Bonchev–Trinajstić information content (AvgIpc) is 3.01. The number of nitrogens with one attached hydrogen (secondary N) is 1. The highest BCUT2D eigenvalue weighted by molar-refractivity contribution is 6.04. The molecule has 0 unspecified atom stereocenters. The molecule has 6 nitrogen and oxygen atoms in total. The van der Waals surface area contributed by atoms with E-state index in [2.05, 4.69) is 10.4 Å². The molecule has 1 amide bonds. The molecule has 3 aromatic rings. The molecular weight excluding hydrogens is 306 g/mol. The number of amides is 1. The van der Waals surface area contributed by atoms with E-state index in [4.69, 9.17) is 5.11 Å². The fourth-order valence-corrected chi connectivity index (χ4v) is 2.60. The predicted molar refractivity (Wildman–Crippen MR) is 90.1 cm³/mol. The number of aromatic nitrogens is 2. The topological polar surface area (TPSA) is 84.2 Å². The zero-order chi connectivity index (χ0) is 16.9. The van der Waals surface area contributed by atoms with Crippen LogP contribution in [0.15, 0.2) is 54.7 Å². The summed E-state index contributed by atoms with van der Waals surface area (Å²) in [6.07, 6.45) is 2.52. The summed E-state index contributed by atoms with van der Waals surface area (Å²) in [7, 11) is 0. The van der Waals surface area contributed by atoms with Gasteiger partial charge in [0.1, 0.15) is 0 Å². The third-order valence-electron chi connectivity index (χ3n) is 3.79. The van der Waals surface area contributed by atoms with Crippen molar-refractivity contribution in [3.63, 3.8) is 0 Å². The number of aryl methyl sites for hydroxylation is 1. The minimum atomic E-state index is -1.11. The van der Waals surface area contributed by atoms with Crippen molar-refractivity contribution < 1.29 is 14.7 Å². The van der Waals surface area contributed by atoms with E-state index in [1.807, 2.05) is 35.1 Å². The zero-order valence-electron chi connectivity index (χ0n) is 13.0. The van der Waals surface area contributed by atoms with Crippen LogP contribution in [0.5, 0.6) is 0 Å². The predicted octanol–water partition coefficient (Wildman–Crippen LogP) is 2.55. The van der Waals surface area contributed by atoms with Crippen molar-refractivity contribution in [2.24, 2.45) is 0 Å². The summed E-state index contributed by atoms with van der Waals surface area (Å²) in [6.45, 7) is 1.12. The number of benzene rings is 2. The number of carbonyl (C=O) groups is 2. The van der Waals surface area contributed by atoms with Crippen molar-refractivity contribution in [1.29, 1.82) is 0 Å². The first-order chi connectivity index (χ1) is 11.7. The van der Waals surface area contributed by atoms with Crippen LogP contribution >= 0.6 is 0 Å². The van der Waals surface area contributed by atoms with Crippen LogP contribution < -0.4 is 5.32 Å². The lowest BCUT2D eigenvalue weighted by Crippen LogP contribution is -2.27. The number of hydrogen-bond donors (Lipinski definition) is 2. The van der Waals surface area contributed by atoms with E-state index < -0.39 is 5.97 Å². The molecule has 24 heavy (non-hydrogen) atoms. The number of hydrogen-bond acceptors (Lipinski definition) is 3. The van der Waals surface area contributed by atoms with E-state index in [-0.39, 0.29) is 17.0 Å². The maximum atomic E-state index is 12.1. The van der Waals surface area contributed by atoms with Gasteiger partial charge >= 0.3 is 5.97 Å². The van der Waals surface area contributed by atoms with Gasteiger partial charge in [0.25, 0.3) is 5.91 Å². The van der Waals surface area contributed by atoms with E-state index in [0.717, 1.165) is 10.9 Å². The van der Waals surface area contributed by atoms with Crippen molar-refractivity contribution in [2.45, 2.75) is 13.0 Å². The Morgan fingerprint density at radius 1 is 1.04 bits per heavy atom. The maximum absolute atomic E-state index is 12.1. The SMILES string of the molecule is O=C(O)c1ccccc1C(=O)NCCCn1ncc2ccccc21. The lowest BCUT2D eigenvalue weighted by Gasteiger charge is -2.08. The monoisotopic (exact) mass is 323 g/mol. The molecule has 0 bridgehead atoms. The molecule has 0 aliphatic rings. The summed E-state index contributed by atoms with van der Waals surface area (Å²) in [5, 5.41) is 17.3. The van der Waals surface area contributed by atoms with Crippen LogP contribution in [0.4, 0.5) is 0 Å². The standard InChI is InChI=1S/C18H17N3O3/c22-17(14-7-2-3-8-15(14)18(23)24)19-10-5-11-21-16-9-4-1-6-13(16)12-20-21/h1-4,6-9,12H,5,10-11H2,(H,19,22)(H,23,24). The van der Waals surface area contributed by atoms with E-state index in [1.165, 1.54) is 12.1 Å². The first-order valence-electron chi connectivity index (χ1n) is 7.68. The van der Waals surface area contributed by atoms with Gasteiger partial charge in [0.05, 0.1) is 22.8 Å². The smallest absolute Gasteiger partial charge is 0.336 e. The molecule has 0 spiro atoms. The van der Waals surface area contributed by atoms with Crippen LogP contribution in [0.2, 0.25) is 0 Å². The van der Waals surface area contributed by atoms with Gasteiger partial charge < -0.3 is 10.4 Å². The van der Waals surface area contributed by atoms with Crippen molar-refractivity contribution in [3.05, 3.63) is 65.9 Å². The molecule has 2 aromatic carbocycles. The van der Waals surface area contributed by atoms with Gasteiger partial charge in [0.15, 0.2) is 0 Å². The molecule has 6 heteroatoms. The first kappa shape index (κ1) is 15.7. The summed E-state index contributed by atoms with van der Waals surface area (Å²) >= 11 is 0. The largest absolute Gasteiger partial charge is 0.478 e. The number of carboxylic acids is 1. The molecule has 1 aromatic heterocycles. The first-order valence-corrected chi connectivity index (χ1v) is 7.68. The molecular formula is C18H17N3O3. The lowest BCUT2D eigenvalue weighted by atomic mass is 10.1. The van der Waals surface area contributed by atoms with Gasteiger partial charge in [-0.15, -0.1) is 0 Å². The highest BCUT2D eigenvalue weighted by Gasteiger charge is 2.15. The lowest BCUT2D eigenvalue weighted by molar-refractivity contribution is 0.0691. The highest BCUT2D eigenvalue weighted by atomic mass is 16.4. The number of nitrogens with zero attached hydrogens (tertiary/aromatic N) is 2. The Morgan fingerprint density at radius 2 is 1.75 bits per heavy atom. The van der Waals surface area contributed by atoms with Crippen LogP contribution in [-0.4, -0.2) is 33.3 Å². The molecule has 0 aliphatic carbocycles. The number of para-hydroxylation sites is 1. The summed E-state index contributed by atoms with van der Waals surface area (Å²) < 4.78 is 1.90. The Bertz CT molecular complexity index is 886. The van der Waals surface area contributed by atoms with Crippen molar-refractivity contribution >= 4 is 22.8 Å². The van der Waals surface area contributed by atoms with E-state index in [0.29, 0.717) is 19.5 Å². The molecule has 3 rings (SSSR count). The third-order valence-corrected chi connectivity index (χ3v) is 3.79. The molecule has 0 aliphatic heterocycles. The Balaban J connectivity index is 1.57. The number of fused-ring (bicyclic) bond motifs is 1. The van der Waals surface area contributed by atoms with Gasteiger partial charge in [-0.25, -0.2) is 4.79 Å². The number of carboxylic acid groups (broad SMARTS) is 1. The second kappa shape index (κ2) is 6.95. The van der Waals surface area contributed by atoms with Crippen LogP contribution in [0.3, 0.4) is 0 Å². The molecule has 0 fully saturated rings. The summed E-state index contributed by atoms with van der Waals surface area (Å²) in [5.41, 5.74) is 1.24. The van der Waals surface area contributed by atoms with E-state index in [9.17, 15) is 9.59 Å². The normalized spacial score (nSPS) is 10.7. The van der Waals surface area contributed by atoms with Crippen LogP contribution in [0, 0.1) is 0 Å². The van der Waals surface area contributed by atoms with Gasteiger partial charge in [-0.2, -0.15) is 5.10 Å².